The maximum Gasteiger partial charge on any atom is 0.240 e. The highest BCUT2D eigenvalue weighted by Gasteiger charge is 2.20. The zero-order chi connectivity index (χ0) is 15.2. The first-order valence-electron chi connectivity index (χ1n) is 6.68. The maximum absolute atomic E-state index is 12.2. The van der Waals surface area contributed by atoms with Gasteiger partial charge in [-0.3, -0.25) is 0 Å². The molecule has 0 aromatic heterocycles. The van der Waals surface area contributed by atoms with Gasteiger partial charge in [0.1, 0.15) is 0 Å². The van der Waals surface area contributed by atoms with Crippen LogP contribution < -0.4 is 4.72 Å². The fourth-order valence-corrected chi connectivity index (χ4v) is 3.18. The van der Waals surface area contributed by atoms with E-state index in [4.69, 9.17) is 16.7 Å². The smallest absolute Gasteiger partial charge is 0.240 e. The second-order valence-electron chi connectivity index (χ2n) is 5.01. The van der Waals surface area contributed by atoms with E-state index in [-0.39, 0.29) is 23.5 Å². The number of halogens is 1. The molecule has 2 atom stereocenters. The zero-order valence-electron chi connectivity index (χ0n) is 11.8. The van der Waals surface area contributed by atoms with Crippen molar-refractivity contribution in [3.05, 3.63) is 29.8 Å². The van der Waals surface area contributed by atoms with Crippen molar-refractivity contribution in [2.24, 2.45) is 5.92 Å². The lowest BCUT2D eigenvalue weighted by Crippen LogP contribution is -2.38. The highest BCUT2D eigenvalue weighted by Crippen LogP contribution is 2.14. The molecule has 6 heteroatoms. The van der Waals surface area contributed by atoms with Gasteiger partial charge in [-0.05, 0) is 43.4 Å². The SMILES string of the molecule is CC(CO)C(C)NS(=O)(=O)c1ccc(CCCCl)cc1. The van der Waals surface area contributed by atoms with E-state index in [0.717, 1.165) is 18.4 Å². The highest BCUT2D eigenvalue weighted by molar-refractivity contribution is 7.89. The zero-order valence-corrected chi connectivity index (χ0v) is 13.4. The first kappa shape index (κ1) is 17.4. The van der Waals surface area contributed by atoms with Crippen molar-refractivity contribution >= 4 is 21.6 Å². The Morgan fingerprint density at radius 2 is 1.85 bits per heavy atom. The van der Waals surface area contributed by atoms with E-state index >= 15 is 0 Å². The van der Waals surface area contributed by atoms with Crippen LogP contribution in [0.5, 0.6) is 0 Å². The lowest BCUT2D eigenvalue weighted by atomic mass is 10.1. The Morgan fingerprint density at radius 1 is 1.25 bits per heavy atom. The minimum Gasteiger partial charge on any atom is -0.396 e. The molecule has 2 N–H and O–H groups in total. The van der Waals surface area contributed by atoms with E-state index < -0.39 is 10.0 Å². The number of rotatable bonds is 8. The number of hydrogen-bond acceptors (Lipinski definition) is 3. The molecule has 0 radical (unpaired) electrons. The van der Waals surface area contributed by atoms with E-state index in [9.17, 15) is 8.42 Å². The standard InChI is InChI=1S/C14H22ClNO3S/c1-11(10-17)12(2)16-20(18,19)14-7-5-13(6-8-14)4-3-9-15/h5-8,11-12,16-17H,3-4,9-10H2,1-2H3. The average Bonchev–Trinajstić information content (AvgIpc) is 2.44. The van der Waals surface area contributed by atoms with Gasteiger partial charge in [-0.15, -0.1) is 11.6 Å². The molecule has 20 heavy (non-hydrogen) atoms. The molecule has 0 aliphatic carbocycles. The third kappa shape index (κ3) is 5.05. The summed E-state index contributed by atoms with van der Waals surface area (Å²) in [5, 5.41) is 9.05. The van der Waals surface area contributed by atoms with E-state index in [1.807, 2.05) is 0 Å². The van der Waals surface area contributed by atoms with E-state index in [0.29, 0.717) is 5.88 Å². The van der Waals surface area contributed by atoms with Crippen LogP contribution in [0.3, 0.4) is 0 Å². The third-order valence-corrected chi connectivity index (χ3v) is 5.16. The number of aliphatic hydroxyl groups is 1. The van der Waals surface area contributed by atoms with Crippen LogP contribution in [0.1, 0.15) is 25.8 Å². The molecule has 0 saturated heterocycles. The predicted molar refractivity (Wildman–Crippen MR) is 81.5 cm³/mol. The predicted octanol–water partition coefficient (Wildman–Crippen LogP) is 2.15. The van der Waals surface area contributed by atoms with Crippen molar-refractivity contribution in [1.29, 1.82) is 0 Å². The summed E-state index contributed by atoms with van der Waals surface area (Å²) >= 11 is 5.63. The van der Waals surface area contributed by atoms with Crippen molar-refractivity contribution in [3.8, 4) is 0 Å². The number of alkyl halides is 1. The van der Waals surface area contributed by atoms with Crippen molar-refractivity contribution in [2.45, 2.75) is 37.6 Å². The molecule has 0 saturated carbocycles. The third-order valence-electron chi connectivity index (χ3n) is 3.32. The van der Waals surface area contributed by atoms with Gasteiger partial charge in [0.2, 0.25) is 10.0 Å². The monoisotopic (exact) mass is 319 g/mol. The van der Waals surface area contributed by atoms with Crippen molar-refractivity contribution in [3.63, 3.8) is 0 Å². The summed E-state index contributed by atoms with van der Waals surface area (Å²) in [7, 11) is -3.54. The second kappa shape index (κ2) is 7.98. The van der Waals surface area contributed by atoms with Crippen molar-refractivity contribution < 1.29 is 13.5 Å². The topological polar surface area (TPSA) is 66.4 Å². The molecule has 0 fully saturated rings. The molecule has 0 amide bonds. The second-order valence-corrected chi connectivity index (χ2v) is 7.10. The van der Waals surface area contributed by atoms with Crippen LogP contribution in [0.15, 0.2) is 29.2 Å². The summed E-state index contributed by atoms with van der Waals surface area (Å²) in [6.07, 6.45) is 1.71. The Morgan fingerprint density at radius 3 is 2.35 bits per heavy atom. The number of aryl methyl sites for hydroxylation is 1. The quantitative estimate of drug-likeness (QED) is 0.722. The Kier molecular flexibility index (Phi) is 6.95. The van der Waals surface area contributed by atoms with E-state index in [1.54, 1.807) is 38.1 Å². The Hall–Kier alpha value is -0.620. The summed E-state index contributed by atoms with van der Waals surface area (Å²) in [6, 6.07) is 6.49. The molecule has 114 valence electrons. The normalized spacial score (nSPS) is 15.0. The van der Waals surface area contributed by atoms with Gasteiger partial charge >= 0.3 is 0 Å². The fraction of sp³-hybridized carbons (Fsp3) is 0.571. The molecule has 0 aliphatic rings. The van der Waals surface area contributed by atoms with Crippen LogP contribution >= 0.6 is 11.6 Å². The Balaban J connectivity index is 2.77. The van der Waals surface area contributed by atoms with Crippen LogP contribution in [0.25, 0.3) is 0 Å². The molecule has 1 aromatic carbocycles. The number of aliphatic hydroxyl groups excluding tert-OH is 1. The summed E-state index contributed by atoms with van der Waals surface area (Å²) in [4.78, 5) is 0.240. The van der Waals surface area contributed by atoms with Gasteiger partial charge in [-0.25, -0.2) is 13.1 Å². The van der Waals surface area contributed by atoms with Crippen LogP contribution in [-0.4, -0.2) is 32.1 Å². The van der Waals surface area contributed by atoms with Crippen LogP contribution in [-0.2, 0) is 16.4 Å². The summed E-state index contributed by atoms with van der Waals surface area (Å²) < 4.78 is 26.9. The minimum absolute atomic E-state index is 0.0545. The average molecular weight is 320 g/mol. The first-order chi connectivity index (χ1) is 9.40. The summed E-state index contributed by atoms with van der Waals surface area (Å²) in [5.74, 6) is 0.464. The molecule has 0 aliphatic heterocycles. The lowest BCUT2D eigenvalue weighted by Gasteiger charge is -2.19. The molecule has 2 unspecified atom stereocenters. The van der Waals surface area contributed by atoms with Crippen LogP contribution in [0, 0.1) is 5.92 Å². The minimum atomic E-state index is -3.54. The van der Waals surface area contributed by atoms with E-state index in [1.165, 1.54) is 0 Å². The lowest BCUT2D eigenvalue weighted by molar-refractivity contribution is 0.216. The molecular formula is C14H22ClNO3S. The van der Waals surface area contributed by atoms with Gasteiger partial charge in [0.05, 0.1) is 4.90 Å². The van der Waals surface area contributed by atoms with Crippen LogP contribution in [0.4, 0.5) is 0 Å². The largest absolute Gasteiger partial charge is 0.396 e. The number of sulfonamides is 1. The van der Waals surface area contributed by atoms with Crippen LogP contribution in [0.2, 0.25) is 0 Å². The first-order valence-corrected chi connectivity index (χ1v) is 8.70. The Bertz CT molecular complexity index is 502. The molecule has 4 nitrogen and oxygen atoms in total. The molecule has 1 rings (SSSR count). The fourth-order valence-electron chi connectivity index (χ4n) is 1.69. The number of hydrogen-bond donors (Lipinski definition) is 2. The molecule has 0 heterocycles. The molecule has 0 bridgehead atoms. The maximum atomic E-state index is 12.2. The van der Waals surface area contributed by atoms with Gasteiger partial charge in [-0.1, -0.05) is 19.1 Å². The van der Waals surface area contributed by atoms with Gasteiger partial charge in [-0.2, -0.15) is 0 Å². The molecule has 1 aromatic rings. The van der Waals surface area contributed by atoms with Crippen molar-refractivity contribution in [1.82, 2.24) is 4.72 Å². The van der Waals surface area contributed by atoms with Gasteiger partial charge in [0.15, 0.2) is 0 Å². The summed E-state index contributed by atoms with van der Waals surface area (Å²) in [6.45, 7) is 3.48. The molecule has 0 spiro atoms. The Labute approximate surface area is 126 Å². The highest BCUT2D eigenvalue weighted by atomic mass is 35.5. The summed E-state index contributed by atoms with van der Waals surface area (Å²) in [5.41, 5.74) is 1.07. The molecular weight excluding hydrogens is 298 g/mol. The number of nitrogens with one attached hydrogen (secondary N) is 1. The van der Waals surface area contributed by atoms with E-state index in [2.05, 4.69) is 4.72 Å². The van der Waals surface area contributed by atoms with Crippen molar-refractivity contribution in [2.75, 3.05) is 12.5 Å². The van der Waals surface area contributed by atoms with Gasteiger partial charge in [0, 0.05) is 18.5 Å². The van der Waals surface area contributed by atoms with Gasteiger partial charge < -0.3 is 5.11 Å². The number of benzene rings is 1. The van der Waals surface area contributed by atoms with Gasteiger partial charge in [0.25, 0.3) is 0 Å².